The van der Waals surface area contributed by atoms with Gasteiger partial charge in [-0.25, -0.2) is 4.98 Å². The van der Waals surface area contributed by atoms with E-state index < -0.39 is 0 Å². The molecule has 0 spiro atoms. The van der Waals surface area contributed by atoms with Crippen LogP contribution in [0.5, 0.6) is 0 Å². The molecule has 0 aliphatic heterocycles. The molecule has 0 unspecified atom stereocenters. The van der Waals surface area contributed by atoms with Crippen molar-refractivity contribution < 1.29 is 4.79 Å². The Morgan fingerprint density at radius 3 is 2.94 bits per heavy atom. The topological polar surface area (TPSA) is 93.8 Å². The number of carbonyl (C=O) groups is 1. The van der Waals surface area contributed by atoms with Crippen molar-refractivity contribution in [3.63, 3.8) is 0 Å². The maximum absolute atomic E-state index is 11.6. The van der Waals surface area contributed by atoms with Gasteiger partial charge in [0.25, 0.3) is 5.91 Å². The van der Waals surface area contributed by atoms with Crippen LogP contribution < -0.4 is 11.1 Å². The lowest BCUT2D eigenvalue weighted by atomic mass is 10.4. The van der Waals surface area contributed by atoms with Gasteiger partial charge >= 0.3 is 0 Å². The van der Waals surface area contributed by atoms with Gasteiger partial charge in [-0.2, -0.15) is 0 Å². The Hall–Kier alpha value is -1.54. The van der Waals surface area contributed by atoms with Gasteiger partial charge in [0, 0.05) is 5.38 Å². The number of aromatic nitrogens is 3. The van der Waals surface area contributed by atoms with Gasteiger partial charge in [0.15, 0.2) is 0 Å². The van der Waals surface area contributed by atoms with Crippen LogP contribution in [-0.4, -0.2) is 21.1 Å². The Balaban J connectivity index is 1.93. The average Bonchev–Trinajstić information content (AvgIpc) is 2.84. The Kier molecular flexibility index (Phi) is 3.11. The molecule has 2 rings (SSSR count). The Bertz CT molecular complexity index is 506. The largest absolute Gasteiger partial charge is 0.374 e. The van der Waals surface area contributed by atoms with Crippen molar-refractivity contribution in [2.24, 2.45) is 0 Å². The molecule has 84 valence electrons. The number of aryl methyl sites for hydroxylation is 1. The zero-order chi connectivity index (χ0) is 11.5. The number of nitrogens with two attached hydrogens (primary N) is 1. The standard InChI is InChI=1S/C8H9N5OS2/c1-4-11-5(3-15-4)7(14)10-2-6-12-13-8(9)16-6/h3H,2H2,1H3,(H2,9,13)(H,10,14). The summed E-state index contributed by atoms with van der Waals surface area (Å²) in [7, 11) is 0. The van der Waals surface area contributed by atoms with E-state index in [0.29, 0.717) is 22.4 Å². The van der Waals surface area contributed by atoms with Crippen LogP contribution in [0.15, 0.2) is 5.38 Å². The smallest absolute Gasteiger partial charge is 0.271 e. The third kappa shape index (κ3) is 2.52. The van der Waals surface area contributed by atoms with Crippen molar-refractivity contribution in [2.75, 3.05) is 5.73 Å². The number of thiazole rings is 1. The van der Waals surface area contributed by atoms with Gasteiger partial charge < -0.3 is 11.1 Å². The molecule has 0 aliphatic carbocycles. The number of amides is 1. The first-order valence-electron chi connectivity index (χ1n) is 4.43. The maximum Gasteiger partial charge on any atom is 0.271 e. The fourth-order valence-electron chi connectivity index (χ4n) is 1.05. The van der Waals surface area contributed by atoms with E-state index in [1.807, 2.05) is 6.92 Å². The van der Waals surface area contributed by atoms with Crippen molar-refractivity contribution in [3.05, 3.63) is 21.1 Å². The summed E-state index contributed by atoms with van der Waals surface area (Å²) in [4.78, 5) is 15.7. The van der Waals surface area contributed by atoms with Gasteiger partial charge in [-0.15, -0.1) is 21.5 Å². The molecule has 1 amide bonds. The van der Waals surface area contributed by atoms with Crippen LogP contribution in [0.2, 0.25) is 0 Å². The van der Waals surface area contributed by atoms with Gasteiger partial charge in [-0.05, 0) is 6.92 Å². The van der Waals surface area contributed by atoms with E-state index in [-0.39, 0.29) is 5.91 Å². The summed E-state index contributed by atoms with van der Waals surface area (Å²) in [5.74, 6) is -0.210. The van der Waals surface area contributed by atoms with Crippen LogP contribution in [0.1, 0.15) is 20.5 Å². The highest BCUT2D eigenvalue weighted by molar-refractivity contribution is 7.15. The molecule has 0 aliphatic rings. The minimum atomic E-state index is -0.210. The number of hydrogen-bond donors (Lipinski definition) is 2. The minimum absolute atomic E-state index is 0.210. The van der Waals surface area contributed by atoms with Gasteiger partial charge in [-0.1, -0.05) is 11.3 Å². The third-order valence-electron chi connectivity index (χ3n) is 1.73. The van der Waals surface area contributed by atoms with Crippen molar-refractivity contribution in [2.45, 2.75) is 13.5 Å². The highest BCUT2D eigenvalue weighted by Crippen LogP contribution is 2.11. The van der Waals surface area contributed by atoms with Crippen molar-refractivity contribution in [1.82, 2.24) is 20.5 Å². The quantitative estimate of drug-likeness (QED) is 0.846. The second-order valence-corrected chi connectivity index (χ2v) is 5.12. The molecule has 0 saturated heterocycles. The SMILES string of the molecule is Cc1nc(C(=O)NCc2nnc(N)s2)cs1. The lowest BCUT2D eigenvalue weighted by Crippen LogP contribution is -2.23. The molecule has 2 heterocycles. The Morgan fingerprint density at radius 2 is 2.38 bits per heavy atom. The lowest BCUT2D eigenvalue weighted by Gasteiger charge is -1.98. The summed E-state index contributed by atoms with van der Waals surface area (Å²) >= 11 is 2.69. The van der Waals surface area contributed by atoms with Crippen molar-refractivity contribution >= 4 is 33.7 Å². The third-order valence-corrected chi connectivity index (χ3v) is 3.26. The van der Waals surface area contributed by atoms with Crippen LogP contribution in [0, 0.1) is 6.92 Å². The van der Waals surface area contributed by atoms with Crippen LogP contribution in [0.3, 0.4) is 0 Å². The second kappa shape index (κ2) is 4.54. The van der Waals surface area contributed by atoms with E-state index in [9.17, 15) is 4.79 Å². The van der Waals surface area contributed by atoms with Gasteiger partial charge in [0.2, 0.25) is 5.13 Å². The Morgan fingerprint density at radius 1 is 1.56 bits per heavy atom. The molecule has 6 nitrogen and oxygen atoms in total. The molecule has 8 heteroatoms. The first-order chi connectivity index (χ1) is 7.65. The fourth-order valence-corrected chi connectivity index (χ4v) is 2.19. The van der Waals surface area contributed by atoms with Crippen LogP contribution in [0.25, 0.3) is 0 Å². The monoisotopic (exact) mass is 255 g/mol. The molecule has 0 saturated carbocycles. The van der Waals surface area contributed by atoms with Gasteiger partial charge in [-0.3, -0.25) is 4.79 Å². The first-order valence-corrected chi connectivity index (χ1v) is 6.13. The number of nitrogen functional groups attached to an aromatic ring is 1. The molecule has 2 aromatic heterocycles. The minimum Gasteiger partial charge on any atom is -0.374 e. The lowest BCUT2D eigenvalue weighted by molar-refractivity contribution is 0.0946. The molecule has 0 fully saturated rings. The maximum atomic E-state index is 11.6. The van der Waals surface area contributed by atoms with E-state index in [4.69, 9.17) is 5.73 Å². The summed E-state index contributed by atoms with van der Waals surface area (Å²) in [6.07, 6.45) is 0. The number of nitrogens with zero attached hydrogens (tertiary/aromatic N) is 3. The number of anilines is 1. The molecule has 3 N–H and O–H groups in total. The second-order valence-electron chi connectivity index (χ2n) is 2.97. The van der Waals surface area contributed by atoms with Crippen LogP contribution >= 0.6 is 22.7 Å². The molecular weight excluding hydrogens is 246 g/mol. The number of carbonyl (C=O) groups excluding carboxylic acids is 1. The van der Waals surface area contributed by atoms with E-state index in [1.165, 1.54) is 22.7 Å². The van der Waals surface area contributed by atoms with E-state index in [2.05, 4.69) is 20.5 Å². The first kappa shape index (κ1) is 11.0. The van der Waals surface area contributed by atoms with Gasteiger partial charge in [0.1, 0.15) is 10.7 Å². The van der Waals surface area contributed by atoms with Crippen LogP contribution in [0.4, 0.5) is 5.13 Å². The summed E-state index contributed by atoms with van der Waals surface area (Å²) in [6, 6.07) is 0. The fraction of sp³-hybridized carbons (Fsp3) is 0.250. The average molecular weight is 255 g/mol. The number of hydrogen-bond acceptors (Lipinski definition) is 7. The van der Waals surface area contributed by atoms with Crippen LogP contribution in [-0.2, 0) is 6.54 Å². The molecule has 0 aromatic carbocycles. The van der Waals surface area contributed by atoms with E-state index >= 15 is 0 Å². The van der Waals surface area contributed by atoms with Crippen molar-refractivity contribution in [3.8, 4) is 0 Å². The highest BCUT2D eigenvalue weighted by Gasteiger charge is 2.09. The summed E-state index contributed by atoms with van der Waals surface area (Å²) in [5, 5.41) is 13.8. The van der Waals surface area contributed by atoms with Gasteiger partial charge in [0.05, 0.1) is 11.6 Å². The molecule has 2 aromatic rings. The molecular formula is C8H9N5OS2. The molecule has 0 atom stereocenters. The molecule has 0 radical (unpaired) electrons. The Labute approximate surface area is 99.5 Å². The molecule has 0 bridgehead atoms. The zero-order valence-corrected chi connectivity index (χ0v) is 10.1. The predicted octanol–water partition coefficient (Wildman–Crippen LogP) is 0.815. The number of rotatable bonds is 3. The summed E-state index contributed by atoms with van der Waals surface area (Å²) in [5.41, 5.74) is 5.85. The molecule has 16 heavy (non-hydrogen) atoms. The predicted molar refractivity (Wildman–Crippen MR) is 62.3 cm³/mol. The normalized spacial score (nSPS) is 10.3. The van der Waals surface area contributed by atoms with E-state index in [1.54, 1.807) is 5.38 Å². The summed E-state index contributed by atoms with van der Waals surface area (Å²) < 4.78 is 0. The number of nitrogens with one attached hydrogen (secondary N) is 1. The van der Waals surface area contributed by atoms with E-state index in [0.717, 1.165) is 5.01 Å². The zero-order valence-electron chi connectivity index (χ0n) is 8.43. The van der Waals surface area contributed by atoms with Crippen molar-refractivity contribution in [1.29, 1.82) is 0 Å². The highest BCUT2D eigenvalue weighted by atomic mass is 32.1. The summed E-state index contributed by atoms with van der Waals surface area (Å²) in [6.45, 7) is 2.18.